The van der Waals surface area contributed by atoms with Gasteiger partial charge >= 0.3 is 0 Å². The molecule has 1 aromatic heterocycles. The number of anilines is 2. The van der Waals surface area contributed by atoms with Crippen molar-refractivity contribution in [2.75, 3.05) is 10.0 Å². The second-order valence-electron chi connectivity index (χ2n) is 7.51. The van der Waals surface area contributed by atoms with E-state index in [9.17, 15) is 13.2 Å². The molecule has 0 aliphatic carbocycles. The lowest BCUT2D eigenvalue weighted by Crippen LogP contribution is -2.15. The van der Waals surface area contributed by atoms with E-state index in [0.29, 0.717) is 22.6 Å². The lowest BCUT2D eigenvalue weighted by Gasteiger charge is -2.09. The van der Waals surface area contributed by atoms with Crippen molar-refractivity contribution in [3.63, 3.8) is 0 Å². The third-order valence-electron chi connectivity index (χ3n) is 4.89. The summed E-state index contributed by atoms with van der Waals surface area (Å²) in [5, 5.41) is 5.06. The third kappa shape index (κ3) is 5.42. The lowest BCUT2D eigenvalue weighted by molar-refractivity contribution is 0.104. The second kappa shape index (κ2) is 9.22. The standard InChI is InChI=1S/C25H22N4O3S/c1-17-15-18(2)28-25(27-17)29-33(31,32)23-11-9-22(10-12-23)26-14-13-24(30)21-8-7-19-5-3-4-6-20(19)16-21/h3-16,26H,1-2H3,(H,27,28,29). The molecule has 4 rings (SSSR count). The zero-order chi connectivity index (χ0) is 23.4. The molecular weight excluding hydrogens is 436 g/mol. The number of ketones is 1. The summed E-state index contributed by atoms with van der Waals surface area (Å²) in [5.41, 5.74) is 2.57. The van der Waals surface area contributed by atoms with Gasteiger partial charge in [0.05, 0.1) is 4.90 Å². The van der Waals surface area contributed by atoms with Gasteiger partial charge in [-0.05, 0) is 61.0 Å². The molecule has 0 spiro atoms. The van der Waals surface area contributed by atoms with E-state index < -0.39 is 10.0 Å². The minimum absolute atomic E-state index is 0.0323. The summed E-state index contributed by atoms with van der Waals surface area (Å²) >= 11 is 0. The van der Waals surface area contributed by atoms with Crippen molar-refractivity contribution in [2.24, 2.45) is 0 Å². The number of fused-ring (bicyclic) bond motifs is 1. The molecule has 0 unspecified atom stereocenters. The van der Waals surface area contributed by atoms with E-state index in [1.54, 1.807) is 38.1 Å². The Labute approximate surface area is 192 Å². The molecule has 33 heavy (non-hydrogen) atoms. The quantitative estimate of drug-likeness (QED) is 0.303. The molecule has 0 fully saturated rings. The number of aromatic nitrogens is 2. The average Bonchev–Trinajstić information content (AvgIpc) is 2.78. The van der Waals surface area contributed by atoms with Gasteiger partial charge in [0.1, 0.15) is 0 Å². The maximum absolute atomic E-state index is 12.6. The molecule has 0 atom stereocenters. The fourth-order valence-corrected chi connectivity index (χ4v) is 4.28. The van der Waals surface area contributed by atoms with Crippen LogP contribution in [0, 0.1) is 13.8 Å². The smallest absolute Gasteiger partial charge is 0.264 e. The van der Waals surface area contributed by atoms with Gasteiger partial charge in [0.25, 0.3) is 10.0 Å². The Kier molecular flexibility index (Phi) is 6.19. The molecule has 4 aromatic rings. The molecule has 0 saturated carbocycles. The molecule has 7 nitrogen and oxygen atoms in total. The largest absolute Gasteiger partial charge is 0.362 e. The SMILES string of the molecule is Cc1cc(C)nc(NS(=O)(=O)c2ccc(NC=CC(=O)c3ccc4ccccc4c3)cc2)n1. The zero-order valence-electron chi connectivity index (χ0n) is 18.1. The number of sulfonamides is 1. The van der Waals surface area contributed by atoms with Crippen molar-refractivity contribution < 1.29 is 13.2 Å². The zero-order valence-corrected chi connectivity index (χ0v) is 18.9. The number of aryl methyl sites for hydroxylation is 2. The van der Waals surface area contributed by atoms with Gasteiger partial charge in [-0.2, -0.15) is 0 Å². The Bertz CT molecular complexity index is 1440. The van der Waals surface area contributed by atoms with Gasteiger partial charge in [0.15, 0.2) is 5.78 Å². The Morgan fingerprint density at radius 1 is 0.848 bits per heavy atom. The van der Waals surface area contributed by atoms with E-state index in [-0.39, 0.29) is 16.6 Å². The van der Waals surface area contributed by atoms with Gasteiger partial charge in [-0.25, -0.2) is 23.1 Å². The number of nitrogens with one attached hydrogen (secondary N) is 2. The fraction of sp³-hybridized carbons (Fsp3) is 0.0800. The molecule has 0 aliphatic heterocycles. The van der Waals surface area contributed by atoms with Crippen LogP contribution in [0.3, 0.4) is 0 Å². The highest BCUT2D eigenvalue weighted by molar-refractivity contribution is 7.92. The fourth-order valence-electron chi connectivity index (χ4n) is 3.33. The van der Waals surface area contributed by atoms with E-state index >= 15 is 0 Å². The van der Waals surface area contributed by atoms with Gasteiger partial charge < -0.3 is 5.32 Å². The number of carbonyl (C=O) groups excluding carboxylic acids is 1. The predicted octanol–water partition coefficient (Wildman–Crippen LogP) is 4.86. The Hall–Kier alpha value is -4.04. The van der Waals surface area contributed by atoms with Crippen molar-refractivity contribution in [2.45, 2.75) is 18.7 Å². The first-order valence-corrected chi connectivity index (χ1v) is 11.7. The normalized spacial score (nSPS) is 11.6. The first-order chi connectivity index (χ1) is 15.8. The van der Waals surface area contributed by atoms with Crippen molar-refractivity contribution in [3.8, 4) is 0 Å². The average molecular weight is 459 g/mol. The molecule has 2 N–H and O–H groups in total. The number of carbonyl (C=O) groups is 1. The molecule has 166 valence electrons. The van der Waals surface area contributed by atoms with Gasteiger partial charge in [0.2, 0.25) is 5.95 Å². The van der Waals surface area contributed by atoms with E-state index in [4.69, 9.17) is 0 Å². The molecule has 1 heterocycles. The van der Waals surface area contributed by atoms with Crippen LogP contribution in [0.4, 0.5) is 11.6 Å². The molecule has 0 amide bonds. The first kappa shape index (κ1) is 22.2. The van der Waals surface area contributed by atoms with Crippen LogP contribution < -0.4 is 10.0 Å². The molecule has 8 heteroatoms. The predicted molar refractivity (Wildman–Crippen MR) is 130 cm³/mol. The molecule has 3 aromatic carbocycles. The summed E-state index contributed by atoms with van der Waals surface area (Å²) in [6.45, 7) is 3.54. The monoisotopic (exact) mass is 458 g/mol. The van der Waals surface area contributed by atoms with E-state index in [0.717, 1.165) is 10.8 Å². The van der Waals surface area contributed by atoms with Crippen LogP contribution in [0.25, 0.3) is 10.8 Å². The van der Waals surface area contributed by atoms with Gasteiger partial charge in [-0.3, -0.25) is 4.79 Å². The maximum atomic E-state index is 12.6. The molecule has 0 radical (unpaired) electrons. The van der Waals surface area contributed by atoms with Crippen LogP contribution in [-0.4, -0.2) is 24.2 Å². The van der Waals surface area contributed by atoms with Crippen LogP contribution in [0.5, 0.6) is 0 Å². The van der Waals surface area contributed by atoms with Crippen LogP contribution in [0.2, 0.25) is 0 Å². The van der Waals surface area contributed by atoms with Gasteiger partial charge in [-0.15, -0.1) is 0 Å². The van der Waals surface area contributed by atoms with Crippen molar-refractivity contribution in [3.05, 3.63) is 102 Å². The highest BCUT2D eigenvalue weighted by Crippen LogP contribution is 2.18. The summed E-state index contributed by atoms with van der Waals surface area (Å²) < 4.78 is 27.6. The number of rotatable bonds is 7. The highest BCUT2D eigenvalue weighted by Gasteiger charge is 2.16. The second-order valence-corrected chi connectivity index (χ2v) is 9.19. The summed E-state index contributed by atoms with van der Waals surface area (Å²) in [6.07, 6.45) is 2.97. The van der Waals surface area contributed by atoms with Crippen LogP contribution in [0.1, 0.15) is 21.7 Å². The number of hydrogen-bond donors (Lipinski definition) is 2. The van der Waals surface area contributed by atoms with E-state index in [1.807, 2.05) is 36.4 Å². The number of allylic oxidation sites excluding steroid dienone is 1. The molecular formula is C25H22N4O3S. The highest BCUT2D eigenvalue weighted by atomic mass is 32.2. The number of benzene rings is 3. The summed E-state index contributed by atoms with van der Waals surface area (Å²) in [5.74, 6) is -0.102. The van der Waals surface area contributed by atoms with E-state index in [2.05, 4.69) is 20.0 Å². The Balaban J connectivity index is 1.41. The van der Waals surface area contributed by atoms with Crippen LogP contribution in [-0.2, 0) is 10.0 Å². The summed E-state index contributed by atoms with van der Waals surface area (Å²) in [7, 11) is -3.83. The van der Waals surface area contributed by atoms with Crippen LogP contribution in [0.15, 0.2) is 90.0 Å². The number of nitrogens with zero attached hydrogens (tertiary/aromatic N) is 2. The summed E-state index contributed by atoms with van der Waals surface area (Å²) in [4.78, 5) is 20.7. The third-order valence-corrected chi connectivity index (χ3v) is 6.24. The summed E-state index contributed by atoms with van der Waals surface area (Å²) in [6, 6.07) is 21.3. The maximum Gasteiger partial charge on any atom is 0.264 e. The Morgan fingerprint density at radius 3 is 2.21 bits per heavy atom. The first-order valence-electron chi connectivity index (χ1n) is 10.2. The van der Waals surface area contributed by atoms with Crippen molar-refractivity contribution in [1.82, 2.24) is 9.97 Å². The topological polar surface area (TPSA) is 101 Å². The molecule has 0 bridgehead atoms. The minimum atomic E-state index is -3.83. The van der Waals surface area contributed by atoms with E-state index in [1.165, 1.54) is 24.4 Å². The van der Waals surface area contributed by atoms with Gasteiger partial charge in [0, 0.05) is 34.9 Å². The van der Waals surface area contributed by atoms with Crippen molar-refractivity contribution in [1.29, 1.82) is 0 Å². The Morgan fingerprint density at radius 2 is 1.52 bits per heavy atom. The molecule has 0 aliphatic rings. The number of hydrogen-bond acceptors (Lipinski definition) is 6. The van der Waals surface area contributed by atoms with Crippen molar-refractivity contribution >= 4 is 38.2 Å². The van der Waals surface area contributed by atoms with Crippen LogP contribution >= 0.6 is 0 Å². The molecule has 0 saturated heterocycles. The minimum Gasteiger partial charge on any atom is -0.362 e. The lowest BCUT2D eigenvalue weighted by atomic mass is 10.0. The van der Waals surface area contributed by atoms with Gasteiger partial charge in [-0.1, -0.05) is 36.4 Å².